The molecule has 1 aromatic heterocycles. The van der Waals surface area contributed by atoms with Crippen molar-refractivity contribution in [1.29, 1.82) is 0 Å². The molecule has 3 nitrogen and oxygen atoms in total. The van der Waals surface area contributed by atoms with Crippen LogP contribution in [-0.2, 0) is 16.1 Å². The molecule has 16 heavy (non-hydrogen) atoms. The van der Waals surface area contributed by atoms with Crippen molar-refractivity contribution in [3.8, 4) is 0 Å². The van der Waals surface area contributed by atoms with E-state index < -0.39 is 0 Å². The van der Waals surface area contributed by atoms with E-state index in [2.05, 4.69) is 23.3 Å². The second-order valence-electron chi connectivity index (χ2n) is 4.14. The minimum Gasteiger partial charge on any atom is -0.461 e. The maximum atomic E-state index is 11.7. The highest BCUT2D eigenvalue weighted by molar-refractivity contribution is 7.09. The van der Waals surface area contributed by atoms with E-state index in [0.717, 1.165) is 19.5 Å². The summed E-state index contributed by atoms with van der Waals surface area (Å²) < 4.78 is 5.20. The third-order valence-electron chi connectivity index (χ3n) is 2.93. The van der Waals surface area contributed by atoms with Crippen LogP contribution in [0.15, 0.2) is 17.5 Å². The fourth-order valence-electron chi connectivity index (χ4n) is 2.08. The Morgan fingerprint density at radius 1 is 1.62 bits per heavy atom. The van der Waals surface area contributed by atoms with Gasteiger partial charge in [-0.25, -0.2) is 0 Å². The molecule has 1 aromatic rings. The van der Waals surface area contributed by atoms with Gasteiger partial charge < -0.3 is 4.74 Å². The van der Waals surface area contributed by atoms with Crippen LogP contribution in [0.1, 0.15) is 25.1 Å². The van der Waals surface area contributed by atoms with Crippen LogP contribution in [0.3, 0.4) is 0 Å². The topological polar surface area (TPSA) is 29.5 Å². The lowest BCUT2D eigenvalue weighted by Gasteiger charge is -2.23. The van der Waals surface area contributed by atoms with Gasteiger partial charge in [-0.2, -0.15) is 0 Å². The first kappa shape index (κ1) is 11.6. The maximum Gasteiger partial charge on any atom is 0.323 e. The van der Waals surface area contributed by atoms with Crippen LogP contribution in [0, 0.1) is 0 Å². The quantitative estimate of drug-likeness (QED) is 0.755. The standard InChI is InChI=1S/C12H17NO2S/c1-3-13(8-10-5-4-6-16-10)11-7-9(2)15-12(11)14/h4-6,9,11H,3,7-8H2,1-2H3/t9-,11-/m0/s1. The fourth-order valence-corrected chi connectivity index (χ4v) is 2.81. The second kappa shape index (κ2) is 4.97. The summed E-state index contributed by atoms with van der Waals surface area (Å²) in [5, 5.41) is 2.07. The summed E-state index contributed by atoms with van der Waals surface area (Å²) in [4.78, 5) is 15.1. The predicted molar refractivity (Wildman–Crippen MR) is 64.4 cm³/mol. The molecule has 2 rings (SSSR count). The number of rotatable bonds is 4. The van der Waals surface area contributed by atoms with Crippen molar-refractivity contribution in [3.63, 3.8) is 0 Å². The predicted octanol–water partition coefficient (Wildman–Crippen LogP) is 2.27. The molecule has 4 heteroatoms. The monoisotopic (exact) mass is 239 g/mol. The van der Waals surface area contributed by atoms with E-state index >= 15 is 0 Å². The van der Waals surface area contributed by atoms with E-state index in [-0.39, 0.29) is 18.1 Å². The third-order valence-corrected chi connectivity index (χ3v) is 3.79. The number of carbonyl (C=O) groups excluding carboxylic acids is 1. The Kier molecular flexibility index (Phi) is 3.61. The zero-order valence-electron chi connectivity index (χ0n) is 9.68. The molecule has 0 aliphatic carbocycles. The zero-order valence-corrected chi connectivity index (χ0v) is 10.5. The molecule has 0 bridgehead atoms. The van der Waals surface area contributed by atoms with Crippen LogP contribution in [0.4, 0.5) is 0 Å². The Morgan fingerprint density at radius 3 is 2.94 bits per heavy atom. The van der Waals surface area contributed by atoms with Gasteiger partial charge in [0.2, 0.25) is 0 Å². The first-order chi connectivity index (χ1) is 7.70. The van der Waals surface area contributed by atoms with Crippen molar-refractivity contribution in [3.05, 3.63) is 22.4 Å². The van der Waals surface area contributed by atoms with Crippen LogP contribution < -0.4 is 0 Å². The molecule has 0 aromatic carbocycles. The van der Waals surface area contributed by atoms with Gasteiger partial charge in [0, 0.05) is 17.8 Å². The van der Waals surface area contributed by atoms with Gasteiger partial charge in [0.15, 0.2) is 0 Å². The fraction of sp³-hybridized carbons (Fsp3) is 0.583. The molecule has 1 aliphatic rings. The van der Waals surface area contributed by atoms with Crippen LogP contribution >= 0.6 is 11.3 Å². The van der Waals surface area contributed by atoms with E-state index in [9.17, 15) is 4.79 Å². The molecular weight excluding hydrogens is 222 g/mol. The molecular formula is C12H17NO2S. The van der Waals surface area contributed by atoms with E-state index in [1.807, 2.05) is 13.0 Å². The van der Waals surface area contributed by atoms with E-state index in [4.69, 9.17) is 4.74 Å². The molecule has 0 spiro atoms. The summed E-state index contributed by atoms with van der Waals surface area (Å²) in [5.74, 6) is -0.0640. The number of carbonyl (C=O) groups is 1. The van der Waals surface area contributed by atoms with Gasteiger partial charge in [0.1, 0.15) is 12.1 Å². The van der Waals surface area contributed by atoms with Crippen molar-refractivity contribution >= 4 is 17.3 Å². The normalized spacial score (nSPS) is 25.1. The Labute approximate surface area is 100 Å². The average molecular weight is 239 g/mol. The number of cyclic esters (lactones) is 1. The summed E-state index contributed by atoms with van der Waals surface area (Å²) >= 11 is 1.73. The van der Waals surface area contributed by atoms with Crippen LogP contribution in [-0.4, -0.2) is 29.6 Å². The third kappa shape index (κ3) is 2.44. The summed E-state index contributed by atoms with van der Waals surface area (Å²) in [6.07, 6.45) is 0.882. The van der Waals surface area contributed by atoms with Crippen molar-refractivity contribution in [2.45, 2.75) is 39.0 Å². The largest absolute Gasteiger partial charge is 0.461 e. The molecule has 0 radical (unpaired) electrons. The summed E-state index contributed by atoms with van der Waals surface area (Å²) in [7, 11) is 0. The Bertz CT molecular complexity index is 350. The first-order valence-electron chi connectivity index (χ1n) is 5.67. The van der Waals surface area contributed by atoms with Gasteiger partial charge >= 0.3 is 5.97 Å². The van der Waals surface area contributed by atoms with E-state index in [1.165, 1.54) is 4.88 Å². The lowest BCUT2D eigenvalue weighted by molar-refractivity contribution is -0.144. The SMILES string of the molecule is CCN(Cc1cccs1)[C@H]1C[C@H](C)OC1=O. The number of likely N-dealkylation sites (N-methyl/N-ethyl adjacent to an activating group) is 1. The molecule has 88 valence electrons. The van der Waals surface area contributed by atoms with Gasteiger partial charge in [-0.1, -0.05) is 13.0 Å². The molecule has 0 unspecified atom stereocenters. The number of nitrogens with zero attached hydrogens (tertiary/aromatic N) is 1. The van der Waals surface area contributed by atoms with Crippen LogP contribution in [0.2, 0.25) is 0 Å². The number of hydrogen-bond acceptors (Lipinski definition) is 4. The highest BCUT2D eigenvalue weighted by Gasteiger charge is 2.35. The number of thiophene rings is 1. The summed E-state index contributed by atoms with van der Waals surface area (Å²) in [5.41, 5.74) is 0. The smallest absolute Gasteiger partial charge is 0.323 e. The van der Waals surface area contributed by atoms with Gasteiger partial charge in [0.05, 0.1) is 0 Å². The first-order valence-corrected chi connectivity index (χ1v) is 6.55. The Morgan fingerprint density at radius 2 is 2.44 bits per heavy atom. The van der Waals surface area contributed by atoms with Crippen LogP contribution in [0.25, 0.3) is 0 Å². The second-order valence-corrected chi connectivity index (χ2v) is 5.17. The maximum absolute atomic E-state index is 11.7. The van der Waals surface area contributed by atoms with Crippen molar-refractivity contribution < 1.29 is 9.53 Å². The zero-order chi connectivity index (χ0) is 11.5. The molecule has 0 N–H and O–H groups in total. The number of ether oxygens (including phenoxy) is 1. The van der Waals surface area contributed by atoms with Gasteiger partial charge in [-0.3, -0.25) is 9.69 Å². The molecule has 1 aliphatic heterocycles. The van der Waals surface area contributed by atoms with Crippen LogP contribution in [0.5, 0.6) is 0 Å². The lowest BCUT2D eigenvalue weighted by atomic mass is 10.1. The van der Waals surface area contributed by atoms with Crippen molar-refractivity contribution in [1.82, 2.24) is 4.90 Å². The van der Waals surface area contributed by atoms with Gasteiger partial charge in [-0.15, -0.1) is 11.3 Å². The number of hydrogen-bond donors (Lipinski definition) is 0. The Balaban J connectivity index is 2.02. The molecule has 1 saturated heterocycles. The van der Waals surface area contributed by atoms with E-state index in [1.54, 1.807) is 11.3 Å². The Hall–Kier alpha value is -0.870. The molecule has 2 atom stereocenters. The average Bonchev–Trinajstić information content (AvgIpc) is 2.85. The molecule has 2 heterocycles. The number of esters is 1. The highest BCUT2D eigenvalue weighted by atomic mass is 32.1. The minimum atomic E-state index is -0.0640. The highest BCUT2D eigenvalue weighted by Crippen LogP contribution is 2.22. The molecule has 0 amide bonds. The lowest BCUT2D eigenvalue weighted by Crippen LogP contribution is -2.37. The minimum absolute atomic E-state index is 0.0536. The van der Waals surface area contributed by atoms with Crippen molar-refractivity contribution in [2.24, 2.45) is 0 Å². The summed E-state index contributed by atoms with van der Waals surface area (Å²) in [6, 6.07) is 4.10. The summed E-state index contributed by atoms with van der Waals surface area (Å²) in [6.45, 7) is 5.77. The molecule has 1 fully saturated rings. The van der Waals surface area contributed by atoms with Crippen molar-refractivity contribution in [2.75, 3.05) is 6.54 Å². The van der Waals surface area contributed by atoms with Gasteiger partial charge in [-0.05, 0) is 24.9 Å². The van der Waals surface area contributed by atoms with Gasteiger partial charge in [0.25, 0.3) is 0 Å². The van der Waals surface area contributed by atoms with E-state index in [0.29, 0.717) is 0 Å². The molecule has 0 saturated carbocycles.